The fourth-order valence-corrected chi connectivity index (χ4v) is 3.72. The van der Waals surface area contributed by atoms with Gasteiger partial charge in [-0.15, -0.1) is 0 Å². The first kappa shape index (κ1) is 12.6. The molecule has 6 nitrogen and oxygen atoms in total. The molecule has 1 heterocycles. The van der Waals surface area contributed by atoms with Crippen LogP contribution in [0.4, 0.5) is 0 Å². The predicted octanol–water partition coefficient (Wildman–Crippen LogP) is 1.57. The van der Waals surface area contributed by atoms with Gasteiger partial charge < -0.3 is 9.52 Å². The summed E-state index contributed by atoms with van der Waals surface area (Å²) in [7, 11) is -3.75. The minimum Gasteiger partial charge on any atom is -0.475 e. The van der Waals surface area contributed by atoms with Crippen molar-refractivity contribution in [1.82, 2.24) is 4.72 Å². The van der Waals surface area contributed by atoms with E-state index in [1.165, 1.54) is 0 Å². The van der Waals surface area contributed by atoms with Gasteiger partial charge in [-0.25, -0.2) is 17.9 Å². The monoisotopic (exact) mass is 323 g/mol. The largest absolute Gasteiger partial charge is 0.475 e. The zero-order valence-corrected chi connectivity index (χ0v) is 11.3. The number of rotatable bonds is 4. The van der Waals surface area contributed by atoms with Crippen LogP contribution >= 0.6 is 15.9 Å². The molecule has 2 rings (SSSR count). The number of halogens is 1. The van der Waals surface area contributed by atoms with Gasteiger partial charge in [0.1, 0.15) is 4.90 Å². The average Bonchev–Trinajstić information content (AvgIpc) is 2.75. The molecular weight excluding hydrogens is 314 g/mol. The molecule has 0 atom stereocenters. The van der Waals surface area contributed by atoms with Crippen molar-refractivity contribution in [3.8, 4) is 0 Å². The normalized spacial score (nSPS) is 18.0. The number of hydrogen-bond donors (Lipinski definition) is 2. The van der Waals surface area contributed by atoms with E-state index in [1.54, 1.807) is 6.92 Å². The van der Waals surface area contributed by atoms with Crippen LogP contribution in [-0.2, 0) is 10.0 Å². The van der Waals surface area contributed by atoms with E-state index in [0.717, 1.165) is 18.9 Å². The molecule has 0 radical (unpaired) electrons. The molecule has 0 saturated heterocycles. The Balaban J connectivity index is 2.35. The van der Waals surface area contributed by atoms with Gasteiger partial charge in [-0.3, -0.25) is 0 Å². The van der Waals surface area contributed by atoms with Crippen LogP contribution in [0.1, 0.15) is 30.3 Å². The lowest BCUT2D eigenvalue weighted by molar-refractivity contribution is 0.0661. The molecule has 1 aromatic rings. The van der Waals surface area contributed by atoms with Crippen molar-refractivity contribution >= 4 is 31.9 Å². The summed E-state index contributed by atoms with van der Waals surface area (Å²) >= 11 is 2.90. The first-order chi connectivity index (χ1) is 7.73. The highest BCUT2D eigenvalue weighted by Gasteiger charge is 2.42. The smallest absolute Gasteiger partial charge is 0.371 e. The van der Waals surface area contributed by atoms with Crippen LogP contribution in [0.3, 0.4) is 0 Å². The Labute approximate surface area is 106 Å². The van der Waals surface area contributed by atoms with Gasteiger partial charge in [-0.2, -0.15) is 0 Å². The molecular formula is C9H10BrNO5S. The van der Waals surface area contributed by atoms with Crippen molar-refractivity contribution in [1.29, 1.82) is 0 Å². The molecule has 0 amide bonds. The first-order valence-electron chi connectivity index (χ1n) is 4.80. The Bertz CT molecular complexity index is 572. The maximum atomic E-state index is 12.0. The Kier molecular flexibility index (Phi) is 2.83. The minimum atomic E-state index is -3.75. The first-order valence-corrected chi connectivity index (χ1v) is 7.08. The van der Waals surface area contributed by atoms with Gasteiger partial charge in [0.15, 0.2) is 4.67 Å². The van der Waals surface area contributed by atoms with E-state index in [0.29, 0.717) is 0 Å². The van der Waals surface area contributed by atoms with Gasteiger partial charge in [-0.1, -0.05) is 0 Å². The van der Waals surface area contributed by atoms with Gasteiger partial charge >= 0.3 is 5.97 Å². The standard InChI is InChI=1S/C9H10BrNO5S/c1-9(2-3-9)11-17(14,15)6-4-5(8(12)13)16-7(6)10/h4,11H,2-3H2,1H3,(H,12,13). The van der Waals surface area contributed by atoms with Crippen LogP contribution in [0.5, 0.6) is 0 Å². The number of furan rings is 1. The molecule has 17 heavy (non-hydrogen) atoms. The van der Waals surface area contributed by atoms with Crippen molar-refractivity contribution in [2.75, 3.05) is 0 Å². The maximum Gasteiger partial charge on any atom is 0.371 e. The molecule has 0 aromatic carbocycles. The topological polar surface area (TPSA) is 96.6 Å². The molecule has 0 bridgehead atoms. The number of hydrogen-bond acceptors (Lipinski definition) is 4. The highest BCUT2D eigenvalue weighted by atomic mass is 79.9. The molecule has 94 valence electrons. The van der Waals surface area contributed by atoms with E-state index < -0.39 is 27.3 Å². The summed E-state index contributed by atoms with van der Waals surface area (Å²) in [5.74, 6) is -1.73. The third-order valence-electron chi connectivity index (χ3n) is 2.54. The van der Waals surface area contributed by atoms with Crippen molar-refractivity contribution < 1.29 is 22.7 Å². The molecule has 0 aliphatic heterocycles. The summed E-state index contributed by atoms with van der Waals surface area (Å²) in [5.41, 5.74) is -0.418. The van der Waals surface area contributed by atoms with Gasteiger partial charge in [0.2, 0.25) is 15.8 Å². The number of aromatic carboxylic acids is 1. The SMILES string of the molecule is CC1(NS(=O)(=O)c2cc(C(=O)O)oc2Br)CC1. The Morgan fingerprint density at radius 2 is 2.18 bits per heavy atom. The molecule has 1 fully saturated rings. The fraction of sp³-hybridized carbons (Fsp3) is 0.444. The molecule has 2 N–H and O–H groups in total. The van der Waals surface area contributed by atoms with E-state index >= 15 is 0 Å². The zero-order chi connectivity index (χ0) is 12.8. The predicted molar refractivity (Wildman–Crippen MR) is 61.3 cm³/mol. The van der Waals surface area contributed by atoms with Crippen LogP contribution in [0.15, 0.2) is 20.0 Å². The van der Waals surface area contributed by atoms with Crippen LogP contribution in [0.25, 0.3) is 0 Å². The van der Waals surface area contributed by atoms with E-state index in [9.17, 15) is 13.2 Å². The lowest BCUT2D eigenvalue weighted by Crippen LogP contribution is -2.34. The second kappa shape index (κ2) is 3.82. The van der Waals surface area contributed by atoms with E-state index in [4.69, 9.17) is 9.52 Å². The molecule has 1 aromatic heterocycles. The van der Waals surface area contributed by atoms with Gasteiger partial charge in [-0.05, 0) is 35.7 Å². The number of carbonyl (C=O) groups is 1. The summed E-state index contributed by atoms with van der Waals surface area (Å²) in [6, 6.07) is 0.987. The molecule has 1 saturated carbocycles. The van der Waals surface area contributed by atoms with Crippen molar-refractivity contribution in [3.63, 3.8) is 0 Å². The lowest BCUT2D eigenvalue weighted by Gasteiger charge is -2.10. The summed E-state index contributed by atoms with van der Waals surface area (Å²) in [6.45, 7) is 1.79. The van der Waals surface area contributed by atoms with Crippen LogP contribution in [0, 0.1) is 0 Å². The number of sulfonamides is 1. The molecule has 8 heteroatoms. The van der Waals surface area contributed by atoms with Crippen LogP contribution < -0.4 is 4.72 Å². The Morgan fingerprint density at radius 1 is 1.59 bits per heavy atom. The fourth-order valence-electron chi connectivity index (χ4n) is 1.31. The number of carboxylic acid groups (broad SMARTS) is 1. The quantitative estimate of drug-likeness (QED) is 0.876. The van der Waals surface area contributed by atoms with Crippen molar-refractivity contribution in [3.05, 3.63) is 16.5 Å². The number of nitrogens with one attached hydrogen (secondary N) is 1. The van der Waals surface area contributed by atoms with E-state index in [2.05, 4.69) is 20.7 Å². The van der Waals surface area contributed by atoms with Crippen molar-refractivity contribution in [2.45, 2.75) is 30.2 Å². The van der Waals surface area contributed by atoms with Gasteiger partial charge in [0.05, 0.1) is 0 Å². The van der Waals surface area contributed by atoms with Gasteiger partial charge in [0.25, 0.3) is 0 Å². The Hall–Kier alpha value is -0.860. The van der Waals surface area contributed by atoms with E-state index in [-0.39, 0.29) is 9.56 Å². The second-order valence-electron chi connectivity index (χ2n) is 4.22. The highest BCUT2D eigenvalue weighted by molar-refractivity contribution is 9.10. The summed E-state index contributed by atoms with van der Waals surface area (Å²) in [5, 5.41) is 8.70. The van der Waals surface area contributed by atoms with Gasteiger partial charge in [0, 0.05) is 11.6 Å². The second-order valence-corrected chi connectivity index (χ2v) is 6.59. The number of carboxylic acids is 1. The average molecular weight is 324 g/mol. The third kappa shape index (κ3) is 2.53. The molecule has 1 aliphatic rings. The molecule has 0 spiro atoms. The molecule has 0 unspecified atom stereocenters. The van der Waals surface area contributed by atoms with Crippen molar-refractivity contribution in [2.24, 2.45) is 0 Å². The summed E-state index contributed by atoms with van der Waals surface area (Å²) in [6.07, 6.45) is 1.54. The Morgan fingerprint density at radius 3 is 2.59 bits per heavy atom. The third-order valence-corrected chi connectivity index (χ3v) is 5.03. The summed E-state index contributed by atoms with van der Waals surface area (Å²) < 4.78 is 31.1. The van der Waals surface area contributed by atoms with E-state index in [1.807, 2.05) is 0 Å². The zero-order valence-electron chi connectivity index (χ0n) is 8.86. The lowest BCUT2D eigenvalue weighted by atomic mass is 10.4. The summed E-state index contributed by atoms with van der Waals surface area (Å²) in [4.78, 5) is 10.5. The van der Waals surface area contributed by atoms with Crippen LogP contribution in [0.2, 0.25) is 0 Å². The highest BCUT2D eigenvalue weighted by Crippen LogP contribution is 2.37. The minimum absolute atomic E-state index is 0.105. The maximum absolute atomic E-state index is 12.0. The molecule has 1 aliphatic carbocycles. The van der Waals surface area contributed by atoms with Crippen LogP contribution in [-0.4, -0.2) is 25.0 Å².